The van der Waals surface area contributed by atoms with Crippen LogP contribution in [-0.4, -0.2) is 16.5 Å². The third-order valence-electron chi connectivity index (χ3n) is 2.64. The van der Waals surface area contributed by atoms with E-state index in [1.165, 1.54) is 5.56 Å². The molecule has 0 radical (unpaired) electrons. The fourth-order valence-electron chi connectivity index (χ4n) is 1.75. The van der Waals surface area contributed by atoms with E-state index in [0.717, 1.165) is 16.5 Å². The number of hydrogen-bond donors (Lipinski definition) is 1. The normalized spacial score (nSPS) is 12.3. The molecule has 0 amide bonds. The van der Waals surface area contributed by atoms with Gasteiger partial charge in [-0.2, -0.15) is 0 Å². The lowest BCUT2D eigenvalue weighted by Crippen LogP contribution is -2.18. The minimum Gasteiger partial charge on any atom is -0.310 e. The van der Waals surface area contributed by atoms with Gasteiger partial charge in [0.2, 0.25) is 0 Å². The van der Waals surface area contributed by atoms with Crippen molar-refractivity contribution >= 4 is 11.8 Å². The van der Waals surface area contributed by atoms with Crippen molar-refractivity contribution in [1.29, 1.82) is 0 Å². The van der Waals surface area contributed by atoms with Gasteiger partial charge in [-0.3, -0.25) is 4.98 Å². The molecule has 0 saturated heterocycles. The molecule has 0 aliphatic rings. The fourth-order valence-corrected chi connectivity index (χ4v) is 2.71. The number of pyridine rings is 2. The number of rotatable bonds is 5. The van der Waals surface area contributed by atoms with E-state index in [0.29, 0.717) is 6.04 Å². The quantitative estimate of drug-likeness (QED) is 0.894. The van der Waals surface area contributed by atoms with Crippen LogP contribution >= 0.6 is 11.8 Å². The predicted octanol–water partition coefficient (Wildman–Crippen LogP) is 3.30. The summed E-state index contributed by atoms with van der Waals surface area (Å²) in [4.78, 5) is 9.67. The second-order valence-corrected chi connectivity index (χ2v) is 5.02. The largest absolute Gasteiger partial charge is 0.310 e. The molecule has 94 valence electrons. The summed E-state index contributed by atoms with van der Waals surface area (Å²) in [6.07, 6.45) is 5.45. The van der Waals surface area contributed by atoms with Gasteiger partial charge in [0.25, 0.3) is 0 Å². The second-order valence-electron chi connectivity index (χ2n) is 3.96. The molecule has 0 aliphatic carbocycles. The number of nitrogens with one attached hydrogen (secondary N) is 1. The van der Waals surface area contributed by atoms with E-state index in [9.17, 15) is 0 Å². The zero-order valence-corrected chi connectivity index (χ0v) is 11.4. The van der Waals surface area contributed by atoms with Crippen LogP contribution in [0.15, 0.2) is 52.8 Å². The second kappa shape index (κ2) is 6.52. The van der Waals surface area contributed by atoms with Crippen molar-refractivity contribution in [2.45, 2.75) is 29.8 Å². The van der Waals surface area contributed by atoms with Gasteiger partial charge in [-0.25, -0.2) is 4.98 Å². The van der Waals surface area contributed by atoms with E-state index >= 15 is 0 Å². The van der Waals surface area contributed by atoms with E-state index in [1.54, 1.807) is 24.2 Å². The van der Waals surface area contributed by atoms with E-state index in [1.807, 2.05) is 24.4 Å². The molecule has 2 aromatic heterocycles. The van der Waals surface area contributed by atoms with Gasteiger partial charge >= 0.3 is 0 Å². The van der Waals surface area contributed by atoms with Crippen LogP contribution < -0.4 is 5.32 Å². The summed E-state index contributed by atoms with van der Waals surface area (Å²) in [5, 5.41) is 4.48. The molecule has 0 saturated carbocycles. The third kappa shape index (κ3) is 3.31. The number of nitrogens with zero attached hydrogens (tertiary/aromatic N) is 2. The molecule has 4 heteroatoms. The van der Waals surface area contributed by atoms with Crippen LogP contribution in [0.5, 0.6) is 0 Å². The molecular formula is C14H17N3S. The molecule has 0 fully saturated rings. The van der Waals surface area contributed by atoms with Crippen LogP contribution in [0.3, 0.4) is 0 Å². The zero-order chi connectivity index (χ0) is 12.8. The summed E-state index contributed by atoms with van der Waals surface area (Å²) >= 11 is 1.68. The van der Waals surface area contributed by atoms with Gasteiger partial charge in [-0.1, -0.05) is 24.8 Å². The van der Waals surface area contributed by atoms with Crippen molar-refractivity contribution in [3.63, 3.8) is 0 Å². The highest BCUT2D eigenvalue weighted by molar-refractivity contribution is 7.99. The lowest BCUT2D eigenvalue weighted by atomic mass is 10.1. The van der Waals surface area contributed by atoms with Gasteiger partial charge in [0, 0.05) is 35.1 Å². The molecule has 2 aromatic rings. The third-order valence-corrected chi connectivity index (χ3v) is 3.68. The van der Waals surface area contributed by atoms with Gasteiger partial charge < -0.3 is 5.32 Å². The molecule has 0 aromatic carbocycles. The van der Waals surface area contributed by atoms with Crippen LogP contribution in [0.4, 0.5) is 0 Å². The van der Waals surface area contributed by atoms with E-state index in [4.69, 9.17) is 0 Å². The molecular weight excluding hydrogens is 242 g/mol. The number of aromatic nitrogens is 2. The van der Waals surface area contributed by atoms with Crippen LogP contribution in [0, 0.1) is 0 Å². The van der Waals surface area contributed by atoms with Crippen molar-refractivity contribution in [3.05, 3.63) is 48.4 Å². The topological polar surface area (TPSA) is 37.8 Å². The monoisotopic (exact) mass is 259 g/mol. The zero-order valence-electron chi connectivity index (χ0n) is 10.6. The van der Waals surface area contributed by atoms with Crippen molar-refractivity contribution in [2.24, 2.45) is 0 Å². The lowest BCUT2D eigenvalue weighted by Gasteiger charge is -2.15. The molecule has 18 heavy (non-hydrogen) atoms. The summed E-state index contributed by atoms with van der Waals surface area (Å²) < 4.78 is 0. The van der Waals surface area contributed by atoms with Gasteiger partial charge in [0.05, 0.1) is 0 Å². The average molecular weight is 259 g/mol. The Morgan fingerprint density at radius 3 is 2.72 bits per heavy atom. The molecule has 1 atom stereocenters. The Morgan fingerprint density at radius 2 is 2.00 bits per heavy atom. The Labute approximate surface area is 112 Å². The lowest BCUT2D eigenvalue weighted by molar-refractivity contribution is 0.585. The first-order chi connectivity index (χ1) is 8.81. The maximum absolute atomic E-state index is 4.48. The van der Waals surface area contributed by atoms with Crippen LogP contribution in [0.1, 0.15) is 25.5 Å². The van der Waals surface area contributed by atoms with Gasteiger partial charge in [0.15, 0.2) is 0 Å². The molecule has 1 N–H and O–H groups in total. The van der Waals surface area contributed by atoms with Gasteiger partial charge in [0.1, 0.15) is 5.03 Å². The van der Waals surface area contributed by atoms with Crippen molar-refractivity contribution < 1.29 is 0 Å². The summed E-state index contributed by atoms with van der Waals surface area (Å²) in [7, 11) is 0. The average Bonchev–Trinajstić information content (AvgIpc) is 2.41. The minimum absolute atomic E-state index is 0.313. The molecule has 0 aliphatic heterocycles. The molecule has 2 rings (SSSR count). The number of hydrogen-bond acceptors (Lipinski definition) is 4. The first-order valence-electron chi connectivity index (χ1n) is 6.07. The highest BCUT2D eigenvalue weighted by Crippen LogP contribution is 2.30. The Hall–Kier alpha value is -1.39. The summed E-state index contributed by atoms with van der Waals surface area (Å²) in [5.41, 5.74) is 1.24. The SMILES string of the molecule is CCNC(C)c1cccnc1Sc1ccncc1. The maximum atomic E-state index is 4.48. The Balaban J connectivity index is 2.22. The van der Waals surface area contributed by atoms with Crippen molar-refractivity contribution in [3.8, 4) is 0 Å². The van der Waals surface area contributed by atoms with E-state index < -0.39 is 0 Å². The predicted molar refractivity (Wildman–Crippen MR) is 74.7 cm³/mol. The molecule has 0 bridgehead atoms. The van der Waals surface area contributed by atoms with Crippen molar-refractivity contribution in [2.75, 3.05) is 6.54 Å². The van der Waals surface area contributed by atoms with Crippen LogP contribution in [-0.2, 0) is 0 Å². The molecule has 3 nitrogen and oxygen atoms in total. The van der Waals surface area contributed by atoms with Crippen LogP contribution in [0.2, 0.25) is 0 Å². The van der Waals surface area contributed by atoms with Crippen LogP contribution in [0.25, 0.3) is 0 Å². The fraction of sp³-hybridized carbons (Fsp3) is 0.286. The van der Waals surface area contributed by atoms with Crippen molar-refractivity contribution in [1.82, 2.24) is 15.3 Å². The highest BCUT2D eigenvalue weighted by atomic mass is 32.2. The molecule has 2 heterocycles. The van der Waals surface area contributed by atoms with E-state index in [-0.39, 0.29) is 0 Å². The smallest absolute Gasteiger partial charge is 0.105 e. The summed E-state index contributed by atoms with van der Waals surface area (Å²) in [6.45, 7) is 5.23. The molecule has 0 spiro atoms. The highest BCUT2D eigenvalue weighted by Gasteiger charge is 2.11. The Kier molecular flexibility index (Phi) is 4.73. The first-order valence-corrected chi connectivity index (χ1v) is 6.89. The summed E-state index contributed by atoms with van der Waals surface area (Å²) in [6, 6.07) is 8.43. The van der Waals surface area contributed by atoms with Gasteiger partial charge in [-0.05, 0) is 31.7 Å². The Morgan fingerprint density at radius 1 is 1.22 bits per heavy atom. The van der Waals surface area contributed by atoms with Gasteiger partial charge in [-0.15, -0.1) is 0 Å². The summed E-state index contributed by atoms with van der Waals surface area (Å²) in [5.74, 6) is 0. The Bertz CT molecular complexity index is 487. The standard InChI is InChI=1S/C14H17N3S/c1-3-16-11(2)13-5-4-8-17-14(13)18-12-6-9-15-10-7-12/h4-11,16H,3H2,1-2H3. The maximum Gasteiger partial charge on any atom is 0.105 e. The molecule has 1 unspecified atom stereocenters. The van der Waals surface area contributed by atoms with E-state index in [2.05, 4.69) is 35.2 Å². The first kappa shape index (κ1) is 13.1. The minimum atomic E-state index is 0.313.